The Morgan fingerprint density at radius 3 is 2.59 bits per heavy atom. The van der Waals surface area contributed by atoms with Crippen LogP contribution in [0.15, 0.2) is 34.9 Å². The molecule has 0 unspecified atom stereocenters. The summed E-state index contributed by atoms with van der Waals surface area (Å²) in [6.45, 7) is 0. The van der Waals surface area contributed by atoms with Gasteiger partial charge in [0, 0.05) is 11.5 Å². The highest BCUT2D eigenvalue weighted by Gasteiger charge is 2.15. The number of benzene rings is 1. The van der Waals surface area contributed by atoms with Gasteiger partial charge in [0.15, 0.2) is 0 Å². The molecule has 0 aliphatic heterocycles. The van der Waals surface area contributed by atoms with E-state index in [2.05, 4.69) is 21.0 Å². The maximum atomic E-state index is 11.8. The molecule has 17 heavy (non-hydrogen) atoms. The van der Waals surface area contributed by atoms with E-state index in [1.54, 1.807) is 31.3 Å². The largest absolute Gasteiger partial charge is 0.423 e. The van der Waals surface area contributed by atoms with Crippen LogP contribution in [0.1, 0.15) is 10.4 Å². The highest BCUT2D eigenvalue weighted by atomic mass is 79.9. The van der Waals surface area contributed by atoms with E-state index < -0.39 is 5.97 Å². The standard InChI is InChI=1S/C11H10BrN3O2/c1-15-10(13)9(6-14-15)11(16)17-8-4-2-7(12)3-5-8/h2-6H,13H2,1H3. The Bertz CT molecular complexity index is 548. The van der Waals surface area contributed by atoms with Gasteiger partial charge in [-0.3, -0.25) is 4.68 Å². The summed E-state index contributed by atoms with van der Waals surface area (Å²) in [4.78, 5) is 11.8. The van der Waals surface area contributed by atoms with E-state index in [1.165, 1.54) is 10.9 Å². The normalized spacial score (nSPS) is 10.2. The van der Waals surface area contributed by atoms with Crippen molar-refractivity contribution in [2.24, 2.45) is 7.05 Å². The number of nitrogen functional groups attached to an aromatic ring is 1. The van der Waals surface area contributed by atoms with E-state index in [0.717, 1.165) is 4.47 Å². The number of rotatable bonds is 2. The summed E-state index contributed by atoms with van der Waals surface area (Å²) < 4.78 is 7.49. The van der Waals surface area contributed by atoms with Crippen molar-refractivity contribution in [1.82, 2.24) is 9.78 Å². The number of carbonyl (C=O) groups excluding carboxylic acids is 1. The van der Waals surface area contributed by atoms with Crippen molar-refractivity contribution in [2.45, 2.75) is 0 Å². The molecule has 0 bridgehead atoms. The molecule has 0 aliphatic rings. The minimum Gasteiger partial charge on any atom is -0.423 e. The fourth-order valence-electron chi connectivity index (χ4n) is 1.27. The molecule has 0 saturated carbocycles. The number of hydrogen-bond donors (Lipinski definition) is 1. The third kappa shape index (κ3) is 2.47. The van der Waals surface area contributed by atoms with Crippen LogP contribution in [0.3, 0.4) is 0 Å². The number of nitrogens with zero attached hydrogens (tertiary/aromatic N) is 2. The van der Waals surface area contributed by atoms with Crippen LogP contribution in [-0.2, 0) is 7.05 Å². The molecule has 2 N–H and O–H groups in total. The first-order chi connectivity index (χ1) is 8.08. The smallest absolute Gasteiger partial charge is 0.348 e. The van der Waals surface area contributed by atoms with Gasteiger partial charge in [-0.2, -0.15) is 5.10 Å². The average molecular weight is 296 g/mol. The summed E-state index contributed by atoms with van der Waals surface area (Å²) in [5.41, 5.74) is 5.93. The first kappa shape index (κ1) is 11.7. The minimum atomic E-state index is -0.516. The van der Waals surface area contributed by atoms with E-state index in [-0.39, 0.29) is 11.4 Å². The SMILES string of the molecule is Cn1ncc(C(=O)Oc2ccc(Br)cc2)c1N. The van der Waals surface area contributed by atoms with Crippen LogP contribution in [0.2, 0.25) is 0 Å². The molecule has 5 nitrogen and oxygen atoms in total. The zero-order chi connectivity index (χ0) is 12.4. The Hall–Kier alpha value is -1.82. The second-order valence-corrected chi connectivity index (χ2v) is 4.33. The first-order valence-corrected chi connectivity index (χ1v) is 5.62. The summed E-state index contributed by atoms with van der Waals surface area (Å²) >= 11 is 3.30. The molecule has 1 aromatic heterocycles. The molecule has 0 aliphatic carbocycles. The second-order valence-electron chi connectivity index (χ2n) is 3.41. The van der Waals surface area contributed by atoms with E-state index >= 15 is 0 Å². The lowest BCUT2D eigenvalue weighted by atomic mass is 10.3. The molecule has 0 atom stereocenters. The van der Waals surface area contributed by atoms with Crippen LogP contribution in [0.5, 0.6) is 5.75 Å². The van der Waals surface area contributed by atoms with Crippen molar-refractivity contribution in [3.8, 4) is 5.75 Å². The fraction of sp³-hybridized carbons (Fsp3) is 0.0909. The summed E-state index contributed by atoms with van der Waals surface area (Å²) in [6.07, 6.45) is 1.39. The quantitative estimate of drug-likeness (QED) is 0.679. The summed E-state index contributed by atoms with van der Waals surface area (Å²) in [6, 6.07) is 6.95. The summed E-state index contributed by atoms with van der Waals surface area (Å²) in [5, 5.41) is 3.88. The highest BCUT2D eigenvalue weighted by molar-refractivity contribution is 9.10. The van der Waals surface area contributed by atoms with Gasteiger partial charge >= 0.3 is 5.97 Å². The Morgan fingerprint density at radius 1 is 1.41 bits per heavy atom. The van der Waals surface area contributed by atoms with Gasteiger partial charge < -0.3 is 10.5 Å². The van der Waals surface area contributed by atoms with Crippen molar-refractivity contribution in [3.05, 3.63) is 40.5 Å². The number of hydrogen-bond acceptors (Lipinski definition) is 4. The molecule has 0 spiro atoms. The van der Waals surface area contributed by atoms with Crippen LogP contribution in [-0.4, -0.2) is 15.7 Å². The molecule has 6 heteroatoms. The Labute approximate surface area is 106 Å². The molecule has 2 rings (SSSR count). The zero-order valence-corrected chi connectivity index (χ0v) is 10.6. The second kappa shape index (κ2) is 4.58. The average Bonchev–Trinajstić information content (AvgIpc) is 2.63. The van der Waals surface area contributed by atoms with E-state index in [0.29, 0.717) is 5.75 Å². The Balaban J connectivity index is 2.17. The fourth-order valence-corrected chi connectivity index (χ4v) is 1.53. The van der Waals surface area contributed by atoms with Crippen molar-refractivity contribution in [3.63, 3.8) is 0 Å². The number of ether oxygens (including phenoxy) is 1. The predicted molar refractivity (Wildman–Crippen MR) is 66.7 cm³/mol. The number of nitrogens with two attached hydrogens (primary N) is 1. The lowest BCUT2D eigenvalue weighted by molar-refractivity contribution is 0.0736. The third-order valence-corrected chi connectivity index (χ3v) is 2.76. The van der Waals surface area contributed by atoms with Gasteiger partial charge in [-0.15, -0.1) is 0 Å². The maximum absolute atomic E-state index is 11.8. The molecule has 0 amide bonds. The molecule has 0 radical (unpaired) electrons. The number of carbonyl (C=O) groups is 1. The predicted octanol–water partition coefficient (Wildman–Crippen LogP) is 1.98. The summed E-state index contributed by atoms with van der Waals surface area (Å²) in [5.74, 6) is 0.228. The molecule has 1 heterocycles. The molecule has 1 aromatic carbocycles. The number of halogens is 1. The monoisotopic (exact) mass is 295 g/mol. The van der Waals surface area contributed by atoms with Gasteiger partial charge in [0.2, 0.25) is 0 Å². The number of anilines is 1. The molecule has 0 fully saturated rings. The molecular formula is C11H10BrN3O2. The van der Waals surface area contributed by atoms with Crippen LogP contribution in [0.25, 0.3) is 0 Å². The van der Waals surface area contributed by atoms with Crippen molar-refractivity contribution in [2.75, 3.05) is 5.73 Å². The van der Waals surface area contributed by atoms with Crippen molar-refractivity contribution < 1.29 is 9.53 Å². The van der Waals surface area contributed by atoms with Crippen LogP contribution in [0.4, 0.5) is 5.82 Å². The highest BCUT2D eigenvalue weighted by Crippen LogP contribution is 2.18. The van der Waals surface area contributed by atoms with Gasteiger partial charge in [-0.1, -0.05) is 15.9 Å². The van der Waals surface area contributed by atoms with E-state index in [9.17, 15) is 4.79 Å². The van der Waals surface area contributed by atoms with Crippen LogP contribution >= 0.6 is 15.9 Å². The topological polar surface area (TPSA) is 70.1 Å². The van der Waals surface area contributed by atoms with Gasteiger partial charge in [-0.05, 0) is 24.3 Å². The molecule has 0 saturated heterocycles. The molecular weight excluding hydrogens is 286 g/mol. The Kier molecular flexibility index (Phi) is 3.14. The molecule has 2 aromatic rings. The van der Waals surface area contributed by atoms with Crippen molar-refractivity contribution >= 4 is 27.7 Å². The number of esters is 1. The molecule has 88 valence electrons. The first-order valence-electron chi connectivity index (χ1n) is 4.83. The number of aryl methyl sites for hydroxylation is 1. The van der Waals surface area contributed by atoms with Crippen LogP contribution in [0, 0.1) is 0 Å². The van der Waals surface area contributed by atoms with Gasteiger partial charge in [0.05, 0.1) is 6.20 Å². The third-order valence-electron chi connectivity index (χ3n) is 2.23. The maximum Gasteiger partial charge on any atom is 0.348 e. The lowest BCUT2D eigenvalue weighted by Crippen LogP contribution is -2.10. The lowest BCUT2D eigenvalue weighted by Gasteiger charge is -2.03. The van der Waals surface area contributed by atoms with Gasteiger partial charge in [0.25, 0.3) is 0 Å². The van der Waals surface area contributed by atoms with Crippen LogP contribution < -0.4 is 10.5 Å². The summed E-state index contributed by atoms with van der Waals surface area (Å²) in [7, 11) is 1.66. The van der Waals surface area contributed by atoms with E-state index in [4.69, 9.17) is 10.5 Å². The van der Waals surface area contributed by atoms with Crippen molar-refractivity contribution in [1.29, 1.82) is 0 Å². The minimum absolute atomic E-state index is 0.260. The van der Waals surface area contributed by atoms with Gasteiger partial charge in [0.1, 0.15) is 17.1 Å². The zero-order valence-electron chi connectivity index (χ0n) is 9.05. The van der Waals surface area contributed by atoms with Gasteiger partial charge in [-0.25, -0.2) is 4.79 Å². The number of aromatic nitrogens is 2. The Morgan fingerprint density at radius 2 is 2.06 bits per heavy atom. The van der Waals surface area contributed by atoms with E-state index in [1.807, 2.05) is 0 Å².